The van der Waals surface area contributed by atoms with Gasteiger partial charge in [0.05, 0.1) is 20.3 Å². The molecule has 1 aromatic carbocycles. The van der Waals surface area contributed by atoms with Crippen LogP contribution in [0.3, 0.4) is 0 Å². The van der Waals surface area contributed by atoms with Gasteiger partial charge in [-0.1, -0.05) is 53.7 Å². The standard InChI is InChI=1S/C33H58N3O9PSi2/c1-14-41-46(39,42-15-2)29(34-22-23-16-18-24(40-9)19-17-23)27-26(44-47(10,11)32(3,4)5)28(45-48(12,13)33(6,7)8)30(43-27)36-21-20-25(37)35-31(36)38/h16-21,26-30,34H,14-15,22H2,1-13H3,(H,35,37,38)/t26-,27+,28-,29-,30-/m1/s1. The van der Waals surface area contributed by atoms with E-state index in [-0.39, 0.29) is 23.3 Å². The number of hydrogen-bond donors (Lipinski definition) is 2. The first-order valence-electron chi connectivity index (χ1n) is 16.7. The van der Waals surface area contributed by atoms with Crippen molar-refractivity contribution in [2.75, 3.05) is 20.3 Å². The van der Waals surface area contributed by atoms with E-state index >= 15 is 0 Å². The van der Waals surface area contributed by atoms with Gasteiger partial charge < -0.3 is 27.4 Å². The fourth-order valence-corrected chi connectivity index (χ4v) is 9.61. The van der Waals surface area contributed by atoms with Crippen LogP contribution in [0.5, 0.6) is 5.75 Å². The number of benzene rings is 1. The highest BCUT2D eigenvalue weighted by molar-refractivity contribution is 7.54. The molecular formula is C33H58N3O9PSi2. The van der Waals surface area contributed by atoms with Gasteiger partial charge in [-0.3, -0.25) is 24.2 Å². The predicted octanol–water partition coefficient (Wildman–Crippen LogP) is 6.61. The molecule has 0 radical (unpaired) electrons. The van der Waals surface area contributed by atoms with Crippen LogP contribution in [0.2, 0.25) is 36.3 Å². The zero-order chi connectivity index (χ0) is 36.3. The molecule has 5 atom stereocenters. The number of aromatic nitrogens is 2. The largest absolute Gasteiger partial charge is 0.497 e. The highest BCUT2D eigenvalue weighted by Crippen LogP contribution is 2.57. The van der Waals surface area contributed by atoms with Crippen LogP contribution in [0.15, 0.2) is 46.1 Å². The van der Waals surface area contributed by atoms with Crippen LogP contribution >= 0.6 is 7.60 Å². The van der Waals surface area contributed by atoms with Crippen molar-refractivity contribution in [3.8, 4) is 5.75 Å². The van der Waals surface area contributed by atoms with E-state index in [0.29, 0.717) is 12.3 Å². The van der Waals surface area contributed by atoms with Gasteiger partial charge in [-0.2, -0.15) is 0 Å². The summed E-state index contributed by atoms with van der Waals surface area (Å²) < 4.78 is 54.6. The summed E-state index contributed by atoms with van der Waals surface area (Å²) >= 11 is 0. The lowest BCUT2D eigenvalue weighted by atomic mass is 10.1. The minimum Gasteiger partial charge on any atom is -0.497 e. The first-order chi connectivity index (χ1) is 22.1. The van der Waals surface area contributed by atoms with E-state index in [4.69, 9.17) is 27.4 Å². The van der Waals surface area contributed by atoms with E-state index in [1.54, 1.807) is 21.0 Å². The number of nitrogens with one attached hydrogen (secondary N) is 2. The number of rotatable bonds is 15. The Bertz CT molecular complexity index is 1510. The first-order valence-corrected chi connectivity index (χ1v) is 24.1. The SMILES string of the molecule is CCOP(=O)(OCC)[C@@H](NCc1ccc(OC)cc1)[C@H]1O[C@@H](n2ccc(=O)[nH]c2=O)[C@H](O[Si](C)(C)C(C)(C)C)[C@@H]1O[Si](C)(C)C(C)(C)C. The average molecular weight is 728 g/mol. The van der Waals surface area contributed by atoms with Crippen LogP contribution in [0.4, 0.5) is 0 Å². The minimum absolute atomic E-state index is 0.130. The molecule has 1 aromatic heterocycles. The molecule has 1 aliphatic rings. The van der Waals surface area contributed by atoms with Crippen LogP contribution in [0.25, 0.3) is 0 Å². The van der Waals surface area contributed by atoms with Gasteiger partial charge in [0.2, 0.25) is 0 Å². The fraction of sp³-hybridized carbons (Fsp3) is 0.697. The Morgan fingerprint density at radius 3 is 1.88 bits per heavy atom. The van der Waals surface area contributed by atoms with Gasteiger partial charge in [-0.25, -0.2) is 4.79 Å². The van der Waals surface area contributed by atoms with Gasteiger partial charge in [-0.15, -0.1) is 0 Å². The van der Waals surface area contributed by atoms with E-state index in [2.05, 4.69) is 78.0 Å². The Balaban J connectivity index is 2.29. The molecule has 2 heterocycles. The maximum absolute atomic E-state index is 14.8. The Labute approximate surface area is 288 Å². The summed E-state index contributed by atoms with van der Waals surface area (Å²) in [6, 6.07) is 8.82. The molecule has 2 aromatic rings. The Kier molecular flexibility index (Phi) is 13.2. The summed E-state index contributed by atoms with van der Waals surface area (Å²) in [6.07, 6.45) is -2.18. The Hall–Kier alpha value is -1.88. The van der Waals surface area contributed by atoms with E-state index in [9.17, 15) is 14.2 Å². The number of methoxy groups -OCH3 is 1. The number of H-pyrrole nitrogens is 1. The Morgan fingerprint density at radius 1 is 0.896 bits per heavy atom. The van der Waals surface area contributed by atoms with Crippen LogP contribution in [-0.2, 0) is 33.7 Å². The van der Waals surface area contributed by atoms with Crippen molar-refractivity contribution in [3.05, 3.63) is 62.9 Å². The molecule has 0 unspecified atom stereocenters. The summed E-state index contributed by atoms with van der Waals surface area (Å²) in [5.74, 6) is -0.311. The second kappa shape index (κ2) is 15.6. The second-order valence-electron chi connectivity index (χ2n) is 15.2. The second-order valence-corrected chi connectivity index (χ2v) is 26.9. The van der Waals surface area contributed by atoms with Gasteiger partial charge in [-0.05, 0) is 67.8 Å². The third-order valence-electron chi connectivity index (χ3n) is 9.77. The highest BCUT2D eigenvalue weighted by Gasteiger charge is 2.59. The molecular weight excluding hydrogens is 670 g/mol. The van der Waals surface area contributed by atoms with Gasteiger partial charge in [0.15, 0.2) is 22.9 Å². The predicted molar refractivity (Wildman–Crippen MR) is 194 cm³/mol. The van der Waals surface area contributed by atoms with Crippen molar-refractivity contribution in [1.29, 1.82) is 0 Å². The molecule has 1 saturated heterocycles. The summed E-state index contributed by atoms with van der Waals surface area (Å²) in [4.78, 5) is 27.8. The number of ether oxygens (including phenoxy) is 2. The monoisotopic (exact) mass is 727 g/mol. The number of aromatic amines is 1. The smallest absolute Gasteiger partial charge is 0.350 e. The number of hydrogen-bond acceptors (Lipinski definition) is 10. The topological polar surface area (TPSA) is 139 Å². The molecule has 0 amide bonds. The van der Waals surface area contributed by atoms with E-state index in [0.717, 1.165) is 5.56 Å². The van der Waals surface area contributed by atoms with E-state index in [1.165, 1.54) is 16.8 Å². The molecule has 12 nitrogen and oxygen atoms in total. The van der Waals surface area contributed by atoms with Crippen molar-refractivity contribution in [1.82, 2.24) is 14.9 Å². The van der Waals surface area contributed by atoms with Gasteiger partial charge in [0.25, 0.3) is 5.56 Å². The third kappa shape index (κ3) is 9.26. The van der Waals surface area contributed by atoms with Crippen molar-refractivity contribution >= 4 is 24.2 Å². The first kappa shape index (κ1) is 40.6. The fourth-order valence-electron chi connectivity index (χ4n) is 5.00. The lowest BCUT2D eigenvalue weighted by Gasteiger charge is -2.45. The van der Waals surface area contributed by atoms with Crippen molar-refractivity contribution in [3.63, 3.8) is 0 Å². The van der Waals surface area contributed by atoms with Gasteiger partial charge in [0, 0.05) is 18.8 Å². The zero-order valence-electron chi connectivity index (χ0n) is 31.0. The molecule has 0 aliphatic carbocycles. The maximum Gasteiger partial charge on any atom is 0.350 e. The van der Waals surface area contributed by atoms with E-state index < -0.39 is 65.8 Å². The quantitative estimate of drug-likeness (QED) is 0.152. The van der Waals surface area contributed by atoms with Crippen LogP contribution in [0, 0.1) is 0 Å². The maximum atomic E-state index is 14.8. The lowest BCUT2D eigenvalue weighted by molar-refractivity contribution is -0.0430. The molecule has 3 rings (SSSR count). The zero-order valence-corrected chi connectivity index (χ0v) is 33.9. The molecule has 0 bridgehead atoms. The van der Waals surface area contributed by atoms with E-state index in [1.807, 2.05) is 24.3 Å². The molecule has 1 fully saturated rings. The van der Waals surface area contributed by atoms with Crippen LogP contribution in [-0.4, -0.2) is 70.6 Å². The lowest BCUT2D eigenvalue weighted by Crippen LogP contribution is -2.56. The molecule has 15 heteroatoms. The van der Waals surface area contributed by atoms with Crippen molar-refractivity contribution in [2.24, 2.45) is 0 Å². The van der Waals surface area contributed by atoms with Gasteiger partial charge in [0.1, 0.15) is 29.8 Å². The molecule has 48 heavy (non-hydrogen) atoms. The normalized spacial score (nSPS) is 21.8. The van der Waals surface area contributed by atoms with Crippen LogP contribution in [0.1, 0.15) is 67.2 Å². The third-order valence-corrected chi connectivity index (χ3v) is 21.1. The molecule has 0 spiro atoms. The molecule has 272 valence electrons. The average Bonchev–Trinajstić information content (AvgIpc) is 3.28. The summed E-state index contributed by atoms with van der Waals surface area (Å²) in [7, 11) is -7.45. The van der Waals surface area contributed by atoms with Crippen molar-refractivity contribution < 1.29 is 31.9 Å². The molecule has 1 aliphatic heterocycles. The molecule has 2 N–H and O–H groups in total. The summed E-state index contributed by atoms with van der Waals surface area (Å²) in [5, 5.41) is 3.05. The summed E-state index contributed by atoms with van der Waals surface area (Å²) in [6.45, 7) is 25.4. The number of nitrogens with zero attached hydrogens (tertiary/aromatic N) is 1. The van der Waals surface area contributed by atoms with Gasteiger partial charge >= 0.3 is 13.3 Å². The minimum atomic E-state index is -3.94. The van der Waals surface area contributed by atoms with Crippen LogP contribution < -0.4 is 21.3 Å². The Morgan fingerprint density at radius 2 is 1.42 bits per heavy atom. The van der Waals surface area contributed by atoms with Crippen molar-refractivity contribution in [2.45, 2.75) is 129 Å². The summed E-state index contributed by atoms with van der Waals surface area (Å²) in [5.41, 5.74) is -0.274. The molecule has 0 saturated carbocycles. The highest BCUT2D eigenvalue weighted by atomic mass is 31.2.